The summed E-state index contributed by atoms with van der Waals surface area (Å²) < 4.78 is 11.6. The Morgan fingerprint density at radius 3 is 1.89 bits per heavy atom. The minimum absolute atomic E-state index is 0.879. The number of fused-ring (bicyclic) bond motifs is 10. The van der Waals surface area contributed by atoms with E-state index in [1.807, 2.05) is 0 Å². The van der Waals surface area contributed by atoms with Crippen molar-refractivity contribution >= 4 is 65.2 Å². The molecule has 0 unspecified atom stereocenters. The van der Waals surface area contributed by atoms with E-state index in [9.17, 15) is 0 Å². The molecule has 0 fully saturated rings. The third-order valence-corrected chi connectivity index (χ3v) is 11.3. The summed E-state index contributed by atoms with van der Waals surface area (Å²) in [7, 11) is 0. The number of benzene rings is 9. The second kappa shape index (κ2) is 10.7. The average molecular weight is 675 g/mol. The van der Waals surface area contributed by atoms with Gasteiger partial charge in [-0.2, -0.15) is 0 Å². The number of rotatable bonds is 3. The molecule has 11 aromatic rings. The number of hydrogen-bond donors (Lipinski definition) is 0. The second-order valence-electron chi connectivity index (χ2n) is 14.1. The van der Waals surface area contributed by atoms with Gasteiger partial charge in [-0.1, -0.05) is 115 Å². The van der Waals surface area contributed by atoms with Crippen LogP contribution in [0.2, 0.25) is 0 Å². The molecule has 246 valence electrons. The van der Waals surface area contributed by atoms with E-state index in [0.29, 0.717) is 0 Å². The molecule has 3 heteroatoms. The van der Waals surface area contributed by atoms with Crippen molar-refractivity contribution in [3.8, 4) is 45.1 Å². The molecule has 9 aromatic carbocycles. The van der Waals surface area contributed by atoms with Gasteiger partial charge in [0.15, 0.2) is 0 Å². The van der Waals surface area contributed by atoms with E-state index in [2.05, 4.69) is 191 Å². The van der Waals surface area contributed by atoms with Gasteiger partial charge >= 0.3 is 0 Å². The van der Waals surface area contributed by atoms with Crippen molar-refractivity contribution < 1.29 is 4.74 Å². The SMILES string of the molecule is c1ccc(-n2c3ccccc3c3c4cccc5c4c(cc32)Oc2ccc(-c3ccc4c(c3)c3ccccc3n4-c3ccc4ccccc4c3)cc2-5)cc1. The first-order valence-corrected chi connectivity index (χ1v) is 18.2. The van der Waals surface area contributed by atoms with Gasteiger partial charge < -0.3 is 13.9 Å². The lowest BCUT2D eigenvalue weighted by Crippen LogP contribution is -1.99. The summed E-state index contributed by atoms with van der Waals surface area (Å²) in [5.41, 5.74) is 11.7. The molecule has 0 amide bonds. The van der Waals surface area contributed by atoms with Crippen LogP contribution in [0.4, 0.5) is 0 Å². The summed E-state index contributed by atoms with van der Waals surface area (Å²) in [4.78, 5) is 0. The summed E-state index contributed by atoms with van der Waals surface area (Å²) in [6.45, 7) is 0. The van der Waals surface area contributed by atoms with Crippen molar-refractivity contribution in [3.63, 3.8) is 0 Å². The smallest absolute Gasteiger partial charge is 0.138 e. The average Bonchev–Trinajstić information content (AvgIpc) is 3.73. The van der Waals surface area contributed by atoms with Crippen LogP contribution >= 0.6 is 0 Å². The molecule has 0 aliphatic carbocycles. The van der Waals surface area contributed by atoms with Crippen molar-refractivity contribution in [2.45, 2.75) is 0 Å². The zero-order chi connectivity index (χ0) is 34.6. The van der Waals surface area contributed by atoms with Gasteiger partial charge in [0, 0.05) is 49.9 Å². The Labute approximate surface area is 305 Å². The highest BCUT2D eigenvalue weighted by atomic mass is 16.5. The molecule has 12 rings (SSSR count). The molecule has 53 heavy (non-hydrogen) atoms. The van der Waals surface area contributed by atoms with E-state index in [4.69, 9.17) is 4.74 Å². The fourth-order valence-corrected chi connectivity index (χ4v) is 8.94. The summed E-state index contributed by atoms with van der Waals surface area (Å²) in [5.74, 6) is 1.77. The van der Waals surface area contributed by atoms with Gasteiger partial charge in [-0.25, -0.2) is 0 Å². The Bertz CT molecular complexity index is 3310. The lowest BCUT2D eigenvalue weighted by Gasteiger charge is -2.23. The largest absolute Gasteiger partial charge is 0.456 e. The van der Waals surface area contributed by atoms with Crippen LogP contribution in [0.1, 0.15) is 0 Å². The Balaban J connectivity index is 1.04. The highest BCUT2D eigenvalue weighted by molar-refractivity contribution is 6.25. The van der Waals surface area contributed by atoms with Crippen LogP contribution in [0.25, 0.3) is 98.8 Å². The van der Waals surface area contributed by atoms with Crippen molar-refractivity contribution in [1.29, 1.82) is 0 Å². The maximum absolute atomic E-state index is 6.83. The Morgan fingerprint density at radius 1 is 0.321 bits per heavy atom. The van der Waals surface area contributed by atoms with Crippen LogP contribution in [0, 0.1) is 0 Å². The van der Waals surface area contributed by atoms with E-state index in [1.165, 1.54) is 76.6 Å². The Morgan fingerprint density at radius 2 is 1.00 bits per heavy atom. The summed E-state index contributed by atoms with van der Waals surface area (Å²) in [6.07, 6.45) is 0. The summed E-state index contributed by atoms with van der Waals surface area (Å²) in [6, 6.07) is 65.9. The molecule has 0 saturated carbocycles. The molecule has 0 spiro atoms. The lowest BCUT2D eigenvalue weighted by molar-refractivity contribution is 0.487. The minimum Gasteiger partial charge on any atom is -0.456 e. The first-order chi connectivity index (χ1) is 26.3. The van der Waals surface area contributed by atoms with Gasteiger partial charge in [0.1, 0.15) is 11.5 Å². The lowest BCUT2D eigenvalue weighted by atomic mass is 9.90. The second-order valence-corrected chi connectivity index (χ2v) is 14.1. The van der Waals surface area contributed by atoms with Crippen molar-refractivity contribution in [2.75, 3.05) is 0 Å². The van der Waals surface area contributed by atoms with E-state index < -0.39 is 0 Å². The molecule has 0 saturated heterocycles. The standard InChI is InChI=1S/C50H30N2O/c1-2-13-35(14-3-1)51-44-20-9-7-16-39(44)49-40-18-10-17-38-42-29-34(23-26-47(42)53-48(50(38)40)30-46(49)51)33-22-25-45-41(28-33)37-15-6-8-19-43(37)52(45)36-24-21-31-11-4-5-12-32(31)27-36/h1-30H. The topological polar surface area (TPSA) is 19.1 Å². The van der Waals surface area contributed by atoms with Crippen LogP contribution in [-0.2, 0) is 0 Å². The highest BCUT2D eigenvalue weighted by Gasteiger charge is 2.25. The zero-order valence-corrected chi connectivity index (χ0v) is 28.6. The first-order valence-electron chi connectivity index (χ1n) is 18.2. The van der Waals surface area contributed by atoms with Crippen LogP contribution in [-0.4, -0.2) is 9.13 Å². The number of hydrogen-bond acceptors (Lipinski definition) is 1. The van der Waals surface area contributed by atoms with Crippen molar-refractivity contribution in [1.82, 2.24) is 9.13 Å². The Hall–Kier alpha value is -7.10. The van der Waals surface area contributed by atoms with Crippen LogP contribution < -0.4 is 4.74 Å². The predicted molar refractivity (Wildman–Crippen MR) is 221 cm³/mol. The molecule has 0 atom stereocenters. The minimum atomic E-state index is 0.879. The van der Waals surface area contributed by atoms with E-state index in [-0.39, 0.29) is 0 Å². The number of ether oxygens (including phenoxy) is 1. The van der Waals surface area contributed by atoms with E-state index in [1.54, 1.807) is 0 Å². The van der Waals surface area contributed by atoms with Gasteiger partial charge in [-0.05, 0) is 93.5 Å². The zero-order valence-electron chi connectivity index (χ0n) is 28.6. The van der Waals surface area contributed by atoms with Crippen LogP contribution in [0.5, 0.6) is 11.5 Å². The molecule has 3 nitrogen and oxygen atoms in total. The van der Waals surface area contributed by atoms with Crippen molar-refractivity contribution in [3.05, 3.63) is 182 Å². The summed E-state index contributed by atoms with van der Waals surface area (Å²) in [5, 5.41) is 9.84. The summed E-state index contributed by atoms with van der Waals surface area (Å²) >= 11 is 0. The number of aromatic nitrogens is 2. The maximum Gasteiger partial charge on any atom is 0.138 e. The fraction of sp³-hybridized carbons (Fsp3) is 0. The highest BCUT2D eigenvalue weighted by Crippen LogP contribution is 2.51. The van der Waals surface area contributed by atoms with Gasteiger partial charge in [0.25, 0.3) is 0 Å². The fourth-order valence-electron chi connectivity index (χ4n) is 8.94. The molecule has 0 N–H and O–H groups in total. The van der Waals surface area contributed by atoms with Gasteiger partial charge in [0.2, 0.25) is 0 Å². The van der Waals surface area contributed by atoms with Gasteiger partial charge in [-0.15, -0.1) is 0 Å². The monoisotopic (exact) mass is 674 g/mol. The van der Waals surface area contributed by atoms with Gasteiger partial charge in [-0.3, -0.25) is 0 Å². The molecular formula is C50H30N2O. The van der Waals surface area contributed by atoms with Crippen molar-refractivity contribution in [2.24, 2.45) is 0 Å². The normalized spacial score (nSPS) is 12.3. The number of para-hydroxylation sites is 3. The third kappa shape index (κ3) is 4.05. The van der Waals surface area contributed by atoms with E-state index in [0.717, 1.165) is 33.7 Å². The molecule has 3 heterocycles. The quantitative estimate of drug-likeness (QED) is 0.183. The molecule has 0 bridgehead atoms. The van der Waals surface area contributed by atoms with E-state index >= 15 is 0 Å². The molecule has 0 radical (unpaired) electrons. The van der Waals surface area contributed by atoms with Crippen LogP contribution in [0.3, 0.4) is 0 Å². The third-order valence-electron chi connectivity index (χ3n) is 11.3. The molecule has 1 aliphatic heterocycles. The number of nitrogens with zero attached hydrogens (tertiary/aromatic N) is 2. The predicted octanol–water partition coefficient (Wildman–Crippen LogP) is 13.6. The molecule has 1 aliphatic rings. The molecular weight excluding hydrogens is 645 g/mol. The Kier molecular flexibility index (Phi) is 5.77. The molecule has 2 aromatic heterocycles. The van der Waals surface area contributed by atoms with Gasteiger partial charge in [0.05, 0.1) is 22.1 Å². The first kappa shape index (κ1) is 28.6. The van der Waals surface area contributed by atoms with Crippen LogP contribution in [0.15, 0.2) is 182 Å². The maximum atomic E-state index is 6.83.